The summed E-state index contributed by atoms with van der Waals surface area (Å²) in [6, 6.07) is 13.8. The second kappa shape index (κ2) is 7.73. The van der Waals surface area contributed by atoms with Crippen molar-refractivity contribution < 1.29 is 19.1 Å². The number of imide groups is 1. The summed E-state index contributed by atoms with van der Waals surface area (Å²) in [5.41, 5.74) is 1.84. The predicted molar refractivity (Wildman–Crippen MR) is 109 cm³/mol. The van der Waals surface area contributed by atoms with Crippen molar-refractivity contribution in [1.82, 2.24) is 4.31 Å². The lowest BCUT2D eigenvalue weighted by molar-refractivity contribution is 0.0901. The molecule has 0 spiro atoms. The van der Waals surface area contributed by atoms with Gasteiger partial charge in [-0.25, -0.2) is 9.10 Å². The Hall–Kier alpha value is -2.71. The molecule has 146 valence electrons. The number of anilines is 2. The van der Waals surface area contributed by atoms with Gasteiger partial charge in [0.2, 0.25) is 0 Å². The van der Waals surface area contributed by atoms with E-state index in [-0.39, 0.29) is 6.10 Å². The van der Waals surface area contributed by atoms with E-state index in [1.54, 1.807) is 36.4 Å². The van der Waals surface area contributed by atoms with Crippen molar-refractivity contribution in [3.05, 3.63) is 54.1 Å². The van der Waals surface area contributed by atoms with Crippen LogP contribution in [0.15, 0.2) is 48.5 Å². The summed E-state index contributed by atoms with van der Waals surface area (Å²) in [4.78, 5) is 27.3. The highest BCUT2D eigenvalue weighted by Gasteiger charge is 2.39. The monoisotopic (exact) mass is 399 g/mol. The zero-order valence-corrected chi connectivity index (χ0v) is 16.3. The van der Waals surface area contributed by atoms with Crippen LogP contribution in [0.1, 0.15) is 16.8 Å². The van der Waals surface area contributed by atoms with Gasteiger partial charge in [0.15, 0.2) is 0 Å². The van der Waals surface area contributed by atoms with Gasteiger partial charge in [-0.1, -0.05) is 31.0 Å². The maximum atomic E-state index is 12.6. The third kappa shape index (κ3) is 3.53. The topological polar surface area (TPSA) is 71.1 Å². The van der Waals surface area contributed by atoms with Crippen LogP contribution in [0.5, 0.6) is 5.75 Å². The Balaban J connectivity index is 1.52. The van der Waals surface area contributed by atoms with Crippen LogP contribution in [0.25, 0.3) is 0 Å². The lowest BCUT2D eigenvalue weighted by Crippen LogP contribution is -2.37. The van der Waals surface area contributed by atoms with Crippen LogP contribution in [0.2, 0.25) is 0 Å². The third-order valence-electron chi connectivity index (χ3n) is 5.06. The van der Waals surface area contributed by atoms with Crippen LogP contribution < -0.4 is 15.0 Å². The number of carbonyl (C=O) groups excluding carboxylic acids is 2. The molecule has 4 rings (SSSR count). The fraction of sp³-hybridized carbons (Fsp3) is 0.300. The summed E-state index contributed by atoms with van der Waals surface area (Å²) < 4.78 is 11.8. The van der Waals surface area contributed by atoms with Crippen LogP contribution in [0.3, 0.4) is 0 Å². The van der Waals surface area contributed by atoms with Crippen molar-refractivity contribution in [3.8, 4) is 5.75 Å². The molecule has 2 aliphatic heterocycles. The van der Waals surface area contributed by atoms with Crippen molar-refractivity contribution in [2.75, 3.05) is 30.5 Å². The van der Waals surface area contributed by atoms with E-state index in [0.717, 1.165) is 23.0 Å². The number of hydrogen-bond acceptors (Lipinski definition) is 6. The molecule has 2 unspecified atom stereocenters. The number of morpholine rings is 1. The molecule has 2 fully saturated rings. The molecule has 0 aliphatic carbocycles. The second-order valence-corrected chi connectivity index (χ2v) is 7.19. The molecule has 2 aromatic rings. The fourth-order valence-electron chi connectivity index (χ4n) is 3.65. The summed E-state index contributed by atoms with van der Waals surface area (Å²) in [7, 11) is 1.53. The van der Waals surface area contributed by atoms with Crippen molar-refractivity contribution >= 4 is 36.1 Å². The molecule has 2 bridgehead atoms. The van der Waals surface area contributed by atoms with E-state index in [2.05, 4.69) is 23.0 Å². The predicted octanol–water partition coefficient (Wildman–Crippen LogP) is 3.19. The number of amides is 3. The summed E-state index contributed by atoms with van der Waals surface area (Å²) in [5.74, 6) is -0.00263. The Morgan fingerprint density at radius 1 is 1.25 bits per heavy atom. The first-order chi connectivity index (χ1) is 13.6. The fourth-order valence-corrected chi connectivity index (χ4v) is 3.82. The van der Waals surface area contributed by atoms with Crippen molar-refractivity contribution in [3.63, 3.8) is 0 Å². The first kappa shape index (κ1) is 18.6. The Bertz CT molecular complexity index is 892. The number of nitrogens with one attached hydrogen (secondary N) is 1. The number of rotatable bonds is 4. The van der Waals surface area contributed by atoms with Gasteiger partial charge in [0.1, 0.15) is 5.75 Å². The number of methoxy groups -OCH3 is 1. The van der Waals surface area contributed by atoms with Crippen LogP contribution in [0.4, 0.5) is 16.2 Å². The molecule has 7 nitrogen and oxygen atoms in total. The average Bonchev–Trinajstić information content (AvgIpc) is 3.37. The molecule has 0 radical (unpaired) electrons. The SMILES string of the molecule is COc1ccc(N2CC3CC2CO3)cc1NC(=O)N(S)C(=O)c1ccccc1. The Morgan fingerprint density at radius 2 is 2.04 bits per heavy atom. The first-order valence-corrected chi connectivity index (χ1v) is 9.42. The number of thiol groups is 1. The molecule has 2 heterocycles. The smallest absolute Gasteiger partial charge is 0.339 e. The van der Waals surface area contributed by atoms with E-state index in [1.807, 2.05) is 12.1 Å². The minimum Gasteiger partial charge on any atom is -0.495 e. The quantitative estimate of drug-likeness (QED) is 0.773. The van der Waals surface area contributed by atoms with Crippen LogP contribution in [-0.2, 0) is 4.74 Å². The van der Waals surface area contributed by atoms with Gasteiger partial charge in [-0.15, -0.1) is 0 Å². The Labute approximate surface area is 168 Å². The summed E-state index contributed by atoms with van der Waals surface area (Å²) >= 11 is 4.08. The molecule has 8 heteroatoms. The van der Waals surface area contributed by atoms with Gasteiger partial charge in [0.25, 0.3) is 5.91 Å². The number of urea groups is 1. The van der Waals surface area contributed by atoms with Gasteiger partial charge in [0.05, 0.1) is 31.5 Å². The van der Waals surface area contributed by atoms with Crippen molar-refractivity contribution in [2.24, 2.45) is 0 Å². The minimum atomic E-state index is -0.654. The molecule has 0 saturated carbocycles. The molecule has 3 amide bonds. The standard InChI is InChI=1S/C20H21N3O4S/c1-26-18-8-7-14(22-11-16-9-15(22)12-27-16)10-17(18)21-20(25)23(28)19(24)13-5-3-2-4-6-13/h2-8,10,15-16,28H,9,11-12H2,1H3,(H,21,25). The molecule has 28 heavy (non-hydrogen) atoms. The van der Waals surface area contributed by atoms with Gasteiger partial charge < -0.3 is 19.7 Å². The average molecular weight is 399 g/mol. The number of hydrogen-bond donors (Lipinski definition) is 2. The van der Waals surface area contributed by atoms with Gasteiger partial charge in [-0.3, -0.25) is 4.79 Å². The number of fused-ring (bicyclic) bond motifs is 2. The van der Waals surface area contributed by atoms with Crippen LogP contribution in [0, 0.1) is 0 Å². The van der Waals surface area contributed by atoms with Gasteiger partial charge in [-0.05, 0) is 36.8 Å². The van der Waals surface area contributed by atoms with E-state index in [9.17, 15) is 9.59 Å². The van der Waals surface area contributed by atoms with Crippen LogP contribution >= 0.6 is 12.8 Å². The van der Waals surface area contributed by atoms with Crippen molar-refractivity contribution in [2.45, 2.75) is 18.6 Å². The first-order valence-electron chi connectivity index (χ1n) is 9.02. The van der Waals surface area contributed by atoms with E-state index in [4.69, 9.17) is 9.47 Å². The zero-order chi connectivity index (χ0) is 19.7. The second-order valence-electron chi connectivity index (χ2n) is 6.79. The van der Waals surface area contributed by atoms with Crippen molar-refractivity contribution in [1.29, 1.82) is 0 Å². The minimum absolute atomic E-state index is 0.265. The number of carbonyl (C=O) groups is 2. The summed E-state index contributed by atoms with van der Waals surface area (Å²) in [6.07, 6.45) is 1.28. The molecule has 2 atom stereocenters. The number of ether oxygens (including phenoxy) is 2. The molecule has 1 N–H and O–H groups in total. The lowest BCUT2D eigenvalue weighted by atomic mass is 10.2. The highest BCUT2D eigenvalue weighted by molar-refractivity contribution is 7.79. The maximum Gasteiger partial charge on any atom is 0.339 e. The number of benzene rings is 2. The lowest BCUT2D eigenvalue weighted by Gasteiger charge is -2.29. The molecule has 2 saturated heterocycles. The molecule has 2 aromatic carbocycles. The largest absolute Gasteiger partial charge is 0.495 e. The van der Waals surface area contributed by atoms with Crippen LogP contribution in [-0.4, -0.2) is 48.7 Å². The zero-order valence-electron chi connectivity index (χ0n) is 15.4. The molecule has 0 aromatic heterocycles. The van der Waals surface area contributed by atoms with Gasteiger partial charge in [0, 0.05) is 17.8 Å². The molecular weight excluding hydrogens is 378 g/mol. The van der Waals surface area contributed by atoms with E-state index < -0.39 is 11.9 Å². The molecular formula is C20H21N3O4S. The summed E-state index contributed by atoms with van der Waals surface area (Å²) in [5, 5.41) is 2.73. The number of nitrogens with zero attached hydrogens (tertiary/aromatic N) is 2. The molecule has 2 aliphatic rings. The maximum absolute atomic E-state index is 12.6. The Morgan fingerprint density at radius 3 is 2.68 bits per heavy atom. The normalized spacial score (nSPS) is 20.1. The van der Waals surface area contributed by atoms with E-state index in [0.29, 0.717) is 29.6 Å². The highest BCUT2D eigenvalue weighted by atomic mass is 32.1. The summed E-state index contributed by atoms with van der Waals surface area (Å²) in [6.45, 7) is 1.55. The Kier molecular flexibility index (Phi) is 5.15. The van der Waals surface area contributed by atoms with E-state index >= 15 is 0 Å². The highest BCUT2D eigenvalue weighted by Crippen LogP contribution is 2.36. The van der Waals surface area contributed by atoms with Gasteiger partial charge >= 0.3 is 6.03 Å². The van der Waals surface area contributed by atoms with Gasteiger partial charge in [-0.2, -0.15) is 0 Å². The third-order valence-corrected chi connectivity index (χ3v) is 5.43. The van der Waals surface area contributed by atoms with E-state index in [1.165, 1.54) is 7.11 Å².